The highest BCUT2D eigenvalue weighted by Gasteiger charge is 2.10. The van der Waals surface area contributed by atoms with Gasteiger partial charge in [0.25, 0.3) is 0 Å². The van der Waals surface area contributed by atoms with Crippen LogP contribution in [0.15, 0.2) is 4.99 Å². The van der Waals surface area contributed by atoms with Gasteiger partial charge in [-0.05, 0) is 32.4 Å². The number of guanidine groups is 1. The summed E-state index contributed by atoms with van der Waals surface area (Å²) in [5, 5.41) is 0. The van der Waals surface area contributed by atoms with Gasteiger partial charge < -0.3 is 15.5 Å². The molecule has 0 radical (unpaired) electrons. The number of nitrogens with zero attached hydrogens (tertiary/aromatic N) is 3. The monoisotopic (exact) mass is 254 g/mol. The lowest BCUT2D eigenvalue weighted by atomic mass is 10.2. The Hall–Kier alpha value is -0.770. The van der Waals surface area contributed by atoms with Crippen molar-refractivity contribution in [3.63, 3.8) is 0 Å². The SMILES string of the molecule is CCCN(CC)CCN=C(N)N1CCCCCC1. The molecule has 1 heterocycles. The van der Waals surface area contributed by atoms with Crippen LogP contribution in [0.4, 0.5) is 0 Å². The zero-order valence-corrected chi connectivity index (χ0v) is 12.2. The molecule has 0 aromatic heterocycles. The van der Waals surface area contributed by atoms with Crippen molar-refractivity contribution in [2.75, 3.05) is 39.3 Å². The summed E-state index contributed by atoms with van der Waals surface area (Å²) in [5.74, 6) is 0.754. The summed E-state index contributed by atoms with van der Waals surface area (Å²) < 4.78 is 0. The number of aliphatic imine (C=N–C) groups is 1. The molecule has 0 spiro atoms. The summed E-state index contributed by atoms with van der Waals surface area (Å²) in [5.41, 5.74) is 6.08. The molecule has 0 aromatic rings. The summed E-state index contributed by atoms with van der Waals surface area (Å²) in [6, 6.07) is 0. The fourth-order valence-corrected chi connectivity index (χ4v) is 2.45. The quantitative estimate of drug-likeness (QED) is 0.582. The Morgan fingerprint density at radius 2 is 1.78 bits per heavy atom. The van der Waals surface area contributed by atoms with E-state index in [9.17, 15) is 0 Å². The van der Waals surface area contributed by atoms with E-state index in [1.54, 1.807) is 0 Å². The Morgan fingerprint density at radius 1 is 1.11 bits per heavy atom. The Morgan fingerprint density at radius 3 is 2.33 bits per heavy atom. The third-order valence-corrected chi connectivity index (χ3v) is 3.61. The van der Waals surface area contributed by atoms with Crippen LogP contribution < -0.4 is 5.73 Å². The van der Waals surface area contributed by atoms with Crippen molar-refractivity contribution in [1.29, 1.82) is 0 Å². The molecule has 0 aromatic carbocycles. The van der Waals surface area contributed by atoms with Gasteiger partial charge in [-0.3, -0.25) is 4.99 Å². The van der Waals surface area contributed by atoms with Gasteiger partial charge >= 0.3 is 0 Å². The molecule has 1 fully saturated rings. The van der Waals surface area contributed by atoms with E-state index in [0.717, 1.165) is 45.2 Å². The fourth-order valence-electron chi connectivity index (χ4n) is 2.45. The van der Waals surface area contributed by atoms with Gasteiger partial charge in [-0.15, -0.1) is 0 Å². The average Bonchev–Trinajstić information content (AvgIpc) is 2.66. The van der Waals surface area contributed by atoms with Crippen LogP contribution >= 0.6 is 0 Å². The van der Waals surface area contributed by atoms with Crippen molar-refractivity contribution in [2.24, 2.45) is 10.7 Å². The van der Waals surface area contributed by atoms with Crippen LogP contribution in [0.1, 0.15) is 46.0 Å². The van der Waals surface area contributed by atoms with Crippen molar-refractivity contribution in [3.8, 4) is 0 Å². The summed E-state index contributed by atoms with van der Waals surface area (Å²) in [6.07, 6.45) is 6.40. The van der Waals surface area contributed by atoms with Gasteiger partial charge in [0.15, 0.2) is 5.96 Å². The number of hydrogen-bond acceptors (Lipinski definition) is 2. The van der Waals surface area contributed by atoms with Gasteiger partial charge in [0.1, 0.15) is 0 Å². The zero-order valence-electron chi connectivity index (χ0n) is 12.2. The summed E-state index contributed by atoms with van der Waals surface area (Å²) in [6.45, 7) is 10.7. The minimum absolute atomic E-state index is 0.754. The molecule has 4 heteroatoms. The predicted molar refractivity (Wildman–Crippen MR) is 78.9 cm³/mol. The highest BCUT2D eigenvalue weighted by Crippen LogP contribution is 2.08. The Kier molecular flexibility index (Phi) is 7.81. The Labute approximate surface area is 112 Å². The fraction of sp³-hybridized carbons (Fsp3) is 0.929. The average molecular weight is 254 g/mol. The molecule has 0 unspecified atom stereocenters. The molecule has 1 aliphatic rings. The van der Waals surface area contributed by atoms with Gasteiger partial charge in [0, 0.05) is 19.6 Å². The minimum atomic E-state index is 0.754. The standard InChI is InChI=1S/C14H30N4/c1-3-10-17(4-2)13-9-16-14(15)18-11-7-5-6-8-12-18/h3-13H2,1-2H3,(H2,15,16). The molecule has 0 amide bonds. The molecule has 4 nitrogen and oxygen atoms in total. The van der Waals surface area contributed by atoms with E-state index in [-0.39, 0.29) is 0 Å². The number of likely N-dealkylation sites (N-methyl/N-ethyl adjacent to an activating group) is 1. The number of hydrogen-bond donors (Lipinski definition) is 1. The molecule has 1 saturated heterocycles. The highest BCUT2D eigenvalue weighted by atomic mass is 15.3. The van der Waals surface area contributed by atoms with E-state index in [2.05, 4.69) is 28.6 Å². The first-order chi connectivity index (χ1) is 8.77. The van der Waals surface area contributed by atoms with Crippen LogP contribution in [0, 0.1) is 0 Å². The molecule has 0 bridgehead atoms. The minimum Gasteiger partial charge on any atom is -0.370 e. The largest absolute Gasteiger partial charge is 0.370 e. The van der Waals surface area contributed by atoms with E-state index < -0.39 is 0 Å². The smallest absolute Gasteiger partial charge is 0.191 e. The number of nitrogens with two attached hydrogens (primary N) is 1. The molecular formula is C14H30N4. The van der Waals surface area contributed by atoms with Gasteiger partial charge in [-0.2, -0.15) is 0 Å². The highest BCUT2D eigenvalue weighted by molar-refractivity contribution is 5.78. The molecule has 106 valence electrons. The molecule has 1 rings (SSSR count). The molecule has 0 saturated carbocycles. The number of likely N-dealkylation sites (tertiary alicyclic amines) is 1. The van der Waals surface area contributed by atoms with Crippen molar-refractivity contribution >= 4 is 5.96 Å². The second kappa shape index (κ2) is 9.20. The van der Waals surface area contributed by atoms with Crippen molar-refractivity contribution in [3.05, 3.63) is 0 Å². The first kappa shape index (κ1) is 15.3. The normalized spacial score (nSPS) is 18.2. The van der Waals surface area contributed by atoms with Crippen molar-refractivity contribution in [1.82, 2.24) is 9.80 Å². The van der Waals surface area contributed by atoms with Crippen LogP contribution in [0.5, 0.6) is 0 Å². The van der Waals surface area contributed by atoms with E-state index in [1.807, 2.05) is 0 Å². The topological polar surface area (TPSA) is 44.9 Å². The molecule has 18 heavy (non-hydrogen) atoms. The van der Waals surface area contributed by atoms with Gasteiger partial charge in [-0.25, -0.2) is 0 Å². The maximum absolute atomic E-state index is 6.08. The van der Waals surface area contributed by atoms with Crippen LogP contribution in [-0.4, -0.2) is 55.0 Å². The van der Waals surface area contributed by atoms with E-state index in [4.69, 9.17) is 5.73 Å². The van der Waals surface area contributed by atoms with Crippen LogP contribution in [0.3, 0.4) is 0 Å². The van der Waals surface area contributed by atoms with Crippen molar-refractivity contribution in [2.45, 2.75) is 46.0 Å². The van der Waals surface area contributed by atoms with Crippen LogP contribution in [0.25, 0.3) is 0 Å². The lowest BCUT2D eigenvalue weighted by Gasteiger charge is -2.22. The summed E-state index contributed by atoms with van der Waals surface area (Å²) in [7, 11) is 0. The zero-order chi connectivity index (χ0) is 13.2. The first-order valence-corrected chi connectivity index (χ1v) is 7.55. The number of rotatable bonds is 6. The molecule has 0 atom stereocenters. The lowest BCUT2D eigenvalue weighted by Crippen LogP contribution is -2.38. The van der Waals surface area contributed by atoms with E-state index in [1.165, 1.54) is 32.1 Å². The first-order valence-electron chi connectivity index (χ1n) is 7.55. The van der Waals surface area contributed by atoms with E-state index >= 15 is 0 Å². The summed E-state index contributed by atoms with van der Waals surface area (Å²) in [4.78, 5) is 9.22. The third-order valence-electron chi connectivity index (χ3n) is 3.61. The van der Waals surface area contributed by atoms with Crippen molar-refractivity contribution < 1.29 is 0 Å². The molecule has 0 aliphatic carbocycles. The Bertz CT molecular complexity index is 232. The van der Waals surface area contributed by atoms with Gasteiger partial charge in [-0.1, -0.05) is 26.7 Å². The molecule has 1 aliphatic heterocycles. The Balaban J connectivity index is 2.30. The predicted octanol–water partition coefficient (Wildman–Crippen LogP) is 1.91. The van der Waals surface area contributed by atoms with Gasteiger partial charge in [0.05, 0.1) is 6.54 Å². The van der Waals surface area contributed by atoms with Crippen LogP contribution in [0.2, 0.25) is 0 Å². The van der Waals surface area contributed by atoms with Gasteiger partial charge in [0.2, 0.25) is 0 Å². The van der Waals surface area contributed by atoms with E-state index in [0.29, 0.717) is 0 Å². The second-order valence-electron chi connectivity index (χ2n) is 5.08. The second-order valence-corrected chi connectivity index (χ2v) is 5.08. The lowest BCUT2D eigenvalue weighted by molar-refractivity contribution is 0.296. The summed E-state index contributed by atoms with van der Waals surface area (Å²) >= 11 is 0. The molecule has 2 N–H and O–H groups in total. The third kappa shape index (κ3) is 5.71. The van der Waals surface area contributed by atoms with Crippen LogP contribution in [-0.2, 0) is 0 Å². The maximum Gasteiger partial charge on any atom is 0.191 e. The maximum atomic E-state index is 6.08. The molecular weight excluding hydrogens is 224 g/mol.